The van der Waals surface area contributed by atoms with Crippen LogP contribution in [0, 0.1) is 5.41 Å². The molecule has 24 nitrogen and oxygen atoms in total. The van der Waals surface area contributed by atoms with Crippen LogP contribution in [0.25, 0.3) is 11.2 Å². The average Bonchev–Trinajstić information content (AvgIpc) is 3.76. The summed E-state index contributed by atoms with van der Waals surface area (Å²) in [6.45, 7) is 2.59. The number of carbonyl (C=O) groups is 3. The van der Waals surface area contributed by atoms with E-state index in [1.54, 1.807) is 0 Å². The topological polar surface area (TPSA) is 364 Å². The van der Waals surface area contributed by atoms with Gasteiger partial charge in [-0.25, -0.2) is 28.6 Å². The molecule has 0 aliphatic carbocycles. The van der Waals surface area contributed by atoms with E-state index in [9.17, 15) is 57.9 Å². The Balaban J connectivity index is 1.38. The maximum atomic E-state index is 12.7. The van der Waals surface area contributed by atoms with Crippen LogP contribution >= 0.6 is 35.2 Å². The van der Waals surface area contributed by atoms with Crippen molar-refractivity contribution in [1.29, 1.82) is 0 Å². The number of phosphoric acid groups is 3. The van der Waals surface area contributed by atoms with Crippen molar-refractivity contribution in [2.24, 2.45) is 5.41 Å². The predicted molar refractivity (Wildman–Crippen MR) is 228 cm³/mol. The lowest BCUT2D eigenvalue weighted by Gasteiger charge is -2.30. The molecule has 63 heavy (non-hydrogen) atoms. The van der Waals surface area contributed by atoms with Crippen LogP contribution in [-0.4, -0.2) is 123 Å². The van der Waals surface area contributed by atoms with Gasteiger partial charge in [-0.15, -0.1) is 0 Å². The van der Waals surface area contributed by atoms with E-state index in [-0.39, 0.29) is 48.0 Å². The molecule has 0 saturated carbocycles. The van der Waals surface area contributed by atoms with E-state index >= 15 is 0 Å². The average molecular weight is 972 g/mol. The number of nitrogen functional groups attached to an aromatic ring is 1. The van der Waals surface area contributed by atoms with Gasteiger partial charge in [0, 0.05) is 37.1 Å². The van der Waals surface area contributed by atoms with Gasteiger partial charge in [0.05, 0.1) is 19.5 Å². The molecule has 354 valence electrons. The number of carbonyl (C=O) groups excluding carboxylic acids is 3. The Kier molecular flexibility index (Phi) is 21.9. The van der Waals surface area contributed by atoms with Crippen LogP contribution < -0.4 is 16.4 Å². The number of thioether (sulfide) groups is 1. The van der Waals surface area contributed by atoms with Crippen LogP contribution in [0.3, 0.4) is 0 Å². The van der Waals surface area contributed by atoms with Gasteiger partial charge in [-0.2, -0.15) is 4.31 Å². The molecule has 2 aromatic heterocycles. The number of hydrogen-bond acceptors (Lipinski definition) is 18. The number of amides is 2. The van der Waals surface area contributed by atoms with Crippen LogP contribution in [0.1, 0.15) is 71.9 Å². The first-order chi connectivity index (χ1) is 29.6. The number of nitrogens with two attached hydrogens (primary N) is 1. The first-order valence-corrected chi connectivity index (χ1v) is 25.1. The highest BCUT2D eigenvalue weighted by molar-refractivity contribution is 8.13. The summed E-state index contributed by atoms with van der Waals surface area (Å²) in [4.78, 5) is 88.0. The third kappa shape index (κ3) is 19.0. The van der Waals surface area contributed by atoms with Crippen molar-refractivity contribution >= 4 is 69.1 Å². The highest BCUT2D eigenvalue weighted by Crippen LogP contribution is 2.61. The second kappa shape index (κ2) is 25.5. The second-order valence-corrected chi connectivity index (χ2v) is 19.9. The molecule has 1 fully saturated rings. The lowest BCUT2D eigenvalue weighted by Crippen LogP contribution is -2.46. The molecule has 28 heteroatoms. The Bertz CT molecular complexity index is 2070. The minimum Gasteiger partial charge on any atom is -0.386 e. The number of aliphatic hydroxyl groups excluding tert-OH is 2. The van der Waals surface area contributed by atoms with Gasteiger partial charge >= 0.3 is 23.5 Å². The summed E-state index contributed by atoms with van der Waals surface area (Å²) in [6, 6.07) is 0. The Labute approximate surface area is 367 Å². The number of nitrogens with zero attached hydrogens (tertiary/aromatic N) is 4. The maximum absolute atomic E-state index is 12.7. The Morgan fingerprint density at radius 3 is 2.37 bits per heavy atom. The number of fused-ring (bicyclic) bond motifs is 1. The van der Waals surface area contributed by atoms with Gasteiger partial charge in [-0.1, -0.05) is 69.0 Å². The smallest absolute Gasteiger partial charge is 0.386 e. The standard InChI is InChI=1S/C35H56N7O17P3S/c1-4-5-6-7-8-9-10-11-12-13-14-15-26(44)63-19-18-37-25(43)16-17-38-33(47)30(46)35(2,3)21-56-62(53,54)59-61(51,52)55-20-24-29(58-60(48,49)50)28(45)34(57-24)42-23-41-27-31(36)39-22-40-32(27)42/h5-6,8-9,13-14,22-24,28-30,34,45-46H,4,7,10-12,15-21H2,1-3H3,(H,37,43)(H,38,47)(H,51,52)(H,53,54)(H2,36,39,40)(H2,48,49,50)/b6-5-,9-8-,14-13+/t24-,28-,29-,30+,34-/m1/s1. The zero-order valence-electron chi connectivity index (χ0n) is 34.8. The van der Waals surface area contributed by atoms with Gasteiger partial charge in [0.1, 0.15) is 36.3 Å². The van der Waals surface area contributed by atoms with E-state index in [2.05, 4.69) is 65.6 Å². The number of unbranched alkanes of at least 4 members (excludes halogenated alkanes) is 2. The number of aliphatic hydroxyl groups is 2. The number of hydrogen-bond donors (Lipinski definition) is 9. The number of allylic oxidation sites excluding steroid dienone is 6. The van der Waals surface area contributed by atoms with Crippen LogP contribution in [0.15, 0.2) is 49.1 Å². The van der Waals surface area contributed by atoms with Crippen LogP contribution in [0.5, 0.6) is 0 Å². The molecular weight excluding hydrogens is 915 g/mol. The third-order valence-electron chi connectivity index (χ3n) is 8.80. The summed E-state index contributed by atoms with van der Waals surface area (Å²) in [5.74, 6) is -1.11. The molecule has 1 aliphatic rings. The maximum Gasteiger partial charge on any atom is 0.481 e. The zero-order valence-corrected chi connectivity index (χ0v) is 38.3. The van der Waals surface area contributed by atoms with Gasteiger partial charge in [0.15, 0.2) is 22.8 Å². The monoisotopic (exact) mass is 971 g/mol. The largest absolute Gasteiger partial charge is 0.481 e. The Morgan fingerprint density at radius 1 is 0.984 bits per heavy atom. The fourth-order valence-electron chi connectivity index (χ4n) is 5.56. The van der Waals surface area contributed by atoms with E-state index in [4.69, 9.17) is 19.5 Å². The molecule has 3 rings (SSSR count). The van der Waals surface area contributed by atoms with Crippen molar-refractivity contribution in [2.45, 2.75) is 96.4 Å². The summed E-state index contributed by atoms with van der Waals surface area (Å²) >= 11 is 1.08. The lowest BCUT2D eigenvalue weighted by molar-refractivity contribution is -0.137. The normalized spacial score (nSPS) is 21.0. The molecule has 1 aliphatic heterocycles. The van der Waals surface area contributed by atoms with E-state index in [1.807, 2.05) is 12.2 Å². The van der Waals surface area contributed by atoms with Crippen molar-refractivity contribution < 1.29 is 80.5 Å². The molecule has 0 bridgehead atoms. The number of phosphoric ester groups is 3. The predicted octanol–water partition coefficient (Wildman–Crippen LogP) is 2.69. The lowest BCUT2D eigenvalue weighted by atomic mass is 9.87. The zero-order chi connectivity index (χ0) is 46.8. The SMILES string of the molecule is CC/C=C\C/C=C\CCC/C=C/CC(=O)SCCNC(=O)CCNC(=O)[C@H](O)C(C)(C)COP(=O)(O)OP(=O)(O)OC[C@H]1O[C@@H](n2cnc3c(N)ncnc32)[C@H](O)[C@@H]1OP(=O)(O)O. The van der Waals surface area contributed by atoms with Gasteiger partial charge < -0.3 is 50.9 Å². The summed E-state index contributed by atoms with van der Waals surface area (Å²) in [7, 11) is -16.4. The summed E-state index contributed by atoms with van der Waals surface area (Å²) < 4.78 is 62.3. The quantitative estimate of drug-likeness (QED) is 0.0336. The summed E-state index contributed by atoms with van der Waals surface area (Å²) in [5.41, 5.74) is 4.27. The van der Waals surface area contributed by atoms with Gasteiger partial charge in [-0.3, -0.25) is 32.5 Å². The molecule has 2 amide bonds. The minimum atomic E-state index is -5.58. The van der Waals surface area contributed by atoms with Crippen LogP contribution in [0.4, 0.5) is 5.82 Å². The number of imidazole rings is 1. The summed E-state index contributed by atoms with van der Waals surface area (Å²) in [6.07, 6.45) is 10.5. The number of aromatic nitrogens is 4. The molecule has 2 aromatic rings. The van der Waals surface area contributed by atoms with Gasteiger partial charge in [-0.05, 0) is 32.1 Å². The van der Waals surface area contributed by atoms with Gasteiger partial charge in [0.2, 0.25) is 11.8 Å². The second-order valence-electron chi connectivity index (χ2n) is 14.5. The van der Waals surface area contributed by atoms with E-state index in [1.165, 1.54) is 13.8 Å². The molecule has 0 aromatic carbocycles. The number of anilines is 1. The van der Waals surface area contributed by atoms with E-state index in [0.29, 0.717) is 5.75 Å². The van der Waals surface area contributed by atoms with Crippen molar-refractivity contribution in [3.8, 4) is 0 Å². The highest BCUT2D eigenvalue weighted by atomic mass is 32.2. The summed E-state index contributed by atoms with van der Waals surface area (Å²) in [5, 5.41) is 26.5. The van der Waals surface area contributed by atoms with Crippen molar-refractivity contribution in [3.05, 3.63) is 49.1 Å². The number of nitrogens with one attached hydrogen (secondary N) is 2. The van der Waals surface area contributed by atoms with Crippen molar-refractivity contribution in [3.63, 3.8) is 0 Å². The molecule has 1 saturated heterocycles. The van der Waals surface area contributed by atoms with Crippen molar-refractivity contribution in [2.75, 3.05) is 37.8 Å². The molecule has 0 spiro atoms. The minimum absolute atomic E-state index is 0.0302. The molecule has 7 atom stereocenters. The highest BCUT2D eigenvalue weighted by Gasteiger charge is 2.50. The van der Waals surface area contributed by atoms with Crippen LogP contribution in [-0.2, 0) is 50.7 Å². The fraction of sp³-hybridized carbons (Fsp3) is 0.600. The molecule has 3 heterocycles. The third-order valence-corrected chi connectivity index (χ3v) is 12.8. The molecule has 10 N–H and O–H groups in total. The fourth-order valence-corrected chi connectivity index (χ4v) is 9.04. The van der Waals surface area contributed by atoms with Crippen molar-refractivity contribution in [1.82, 2.24) is 30.2 Å². The van der Waals surface area contributed by atoms with Gasteiger partial charge in [0.25, 0.3) is 0 Å². The first-order valence-electron chi connectivity index (χ1n) is 19.6. The molecule has 0 radical (unpaired) electrons. The Hall–Kier alpha value is -3.22. The molecule has 2 unspecified atom stereocenters. The van der Waals surface area contributed by atoms with E-state index < -0.39 is 84.6 Å². The van der Waals surface area contributed by atoms with Crippen LogP contribution in [0.2, 0.25) is 0 Å². The molecular formula is C35H56N7O17P3S. The Morgan fingerprint density at radius 2 is 1.67 bits per heavy atom. The number of rotatable bonds is 28. The number of ether oxygens (including phenoxy) is 1. The first kappa shape index (κ1) is 54.1. The van der Waals surface area contributed by atoms with E-state index in [0.717, 1.165) is 61.1 Å².